The van der Waals surface area contributed by atoms with E-state index in [1.807, 2.05) is 37.3 Å². The van der Waals surface area contributed by atoms with E-state index in [9.17, 15) is 4.39 Å². The number of aromatic nitrogens is 2. The van der Waals surface area contributed by atoms with Crippen LogP contribution in [0.2, 0.25) is 0 Å². The van der Waals surface area contributed by atoms with E-state index in [-0.39, 0.29) is 16.6 Å². The quantitative estimate of drug-likeness (QED) is 0.323. The van der Waals surface area contributed by atoms with Crippen LogP contribution in [0.25, 0.3) is 5.69 Å². The topological polar surface area (TPSA) is 51.8 Å². The first-order valence-electron chi connectivity index (χ1n) is 11.5. The molecule has 1 aromatic heterocycles. The second-order valence-corrected chi connectivity index (χ2v) is 9.89. The summed E-state index contributed by atoms with van der Waals surface area (Å²) in [6.07, 6.45) is 5.19. The molecule has 2 unspecified atom stereocenters. The molecule has 0 amide bonds. The number of nitrogens with zero attached hydrogens (tertiary/aromatic N) is 4. The Morgan fingerprint density at radius 1 is 1.09 bits per heavy atom. The number of benzene rings is 2. The van der Waals surface area contributed by atoms with Crippen LogP contribution in [-0.4, -0.2) is 21.7 Å². The summed E-state index contributed by atoms with van der Waals surface area (Å²) in [5, 5.41) is 13.9. The Morgan fingerprint density at radius 2 is 1.82 bits per heavy atom. The van der Waals surface area contributed by atoms with Crippen molar-refractivity contribution in [3.8, 4) is 17.3 Å². The highest BCUT2D eigenvalue weighted by atomic mass is 19.1. The van der Waals surface area contributed by atoms with E-state index in [0.29, 0.717) is 17.5 Å². The van der Waals surface area contributed by atoms with E-state index in [4.69, 9.17) is 14.9 Å². The van der Waals surface area contributed by atoms with Crippen molar-refractivity contribution >= 4 is 11.9 Å². The zero-order valence-corrected chi connectivity index (χ0v) is 19.5. The fourth-order valence-electron chi connectivity index (χ4n) is 5.36. The Kier molecular flexibility index (Phi) is 5.19. The van der Waals surface area contributed by atoms with Crippen LogP contribution in [0.1, 0.15) is 51.3 Å². The summed E-state index contributed by atoms with van der Waals surface area (Å²) in [4.78, 5) is 0. The van der Waals surface area contributed by atoms with Gasteiger partial charge in [0.05, 0.1) is 23.2 Å². The number of hydrogen-bond acceptors (Lipinski definition) is 4. The molecule has 33 heavy (non-hydrogen) atoms. The lowest BCUT2D eigenvalue weighted by Gasteiger charge is -2.34. The van der Waals surface area contributed by atoms with Gasteiger partial charge in [-0.2, -0.15) is 20.0 Å². The highest BCUT2D eigenvalue weighted by Gasteiger charge is 2.60. The van der Waals surface area contributed by atoms with E-state index < -0.39 is 0 Å². The second kappa shape index (κ2) is 7.94. The molecule has 6 heteroatoms. The van der Waals surface area contributed by atoms with Crippen LogP contribution in [0.5, 0.6) is 11.6 Å². The minimum absolute atomic E-state index is 0.103. The van der Waals surface area contributed by atoms with Gasteiger partial charge in [-0.05, 0) is 73.9 Å². The summed E-state index contributed by atoms with van der Waals surface area (Å²) in [6, 6.07) is 15.7. The molecule has 2 bridgehead atoms. The summed E-state index contributed by atoms with van der Waals surface area (Å²) < 4.78 is 21.3. The van der Waals surface area contributed by atoms with Crippen molar-refractivity contribution in [2.45, 2.75) is 47.0 Å². The molecular weight excluding hydrogens is 415 g/mol. The number of hydrogen-bond donors (Lipinski definition) is 0. The summed E-state index contributed by atoms with van der Waals surface area (Å²) in [5.74, 6) is 1.41. The standard InChI is InChI=1S/C27H29FN4O/c1-18-23(17-29-30-24-16-19-14-15-27(24,4)26(19,2)3)25(33-22-12-10-20(28)11-13-22)32(31-18)21-8-6-5-7-9-21/h5-13,17,19H,14-16H2,1-4H3/b29-17+,30-24-. The first-order chi connectivity index (χ1) is 15.8. The number of aryl methyl sites for hydroxylation is 1. The van der Waals surface area contributed by atoms with E-state index in [0.717, 1.165) is 23.4 Å². The Labute approximate surface area is 194 Å². The molecule has 3 aromatic rings. The highest BCUT2D eigenvalue weighted by molar-refractivity contribution is 5.95. The van der Waals surface area contributed by atoms with Crippen LogP contribution in [0.4, 0.5) is 4.39 Å². The normalized spacial score (nSPS) is 24.8. The van der Waals surface area contributed by atoms with E-state index >= 15 is 0 Å². The summed E-state index contributed by atoms with van der Waals surface area (Å²) >= 11 is 0. The number of rotatable bonds is 5. The Morgan fingerprint density at radius 3 is 2.45 bits per heavy atom. The number of ether oxygens (including phenoxy) is 1. The van der Waals surface area contributed by atoms with Gasteiger partial charge in [-0.1, -0.05) is 39.0 Å². The molecule has 5 rings (SSSR count). The Hall–Kier alpha value is -3.28. The predicted molar refractivity (Wildman–Crippen MR) is 129 cm³/mol. The molecule has 0 N–H and O–H groups in total. The maximum Gasteiger partial charge on any atom is 0.231 e. The average molecular weight is 445 g/mol. The average Bonchev–Trinajstić information content (AvgIpc) is 3.30. The predicted octanol–water partition coefficient (Wildman–Crippen LogP) is 6.73. The van der Waals surface area contributed by atoms with Gasteiger partial charge in [0.15, 0.2) is 0 Å². The van der Waals surface area contributed by atoms with Crippen LogP contribution >= 0.6 is 0 Å². The van der Waals surface area contributed by atoms with E-state index in [1.165, 1.54) is 30.7 Å². The van der Waals surface area contributed by atoms with Crippen molar-refractivity contribution < 1.29 is 9.13 Å². The summed E-state index contributed by atoms with van der Waals surface area (Å²) in [7, 11) is 0. The zero-order valence-electron chi connectivity index (χ0n) is 19.5. The zero-order chi connectivity index (χ0) is 23.2. The van der Waals surface area contributed by atoms with E-state index in [1.54, 1.807) is 23.0 Å². The first kappa shape index (κ1) is 21.6. The molecule has 2 fully saturated rings. The summed E-state index contributed by atoms with van der Waals surface area (Å²) in [5.41, 5.74) is 3.94. The smallest absolute Gasteiger partial charge is 0.231 e. The Balaban J connectivity index is 1.52. The maximum absolute atomic E-state index is 13.4. The highest BCUT2D eigenvalue weighted by Crippen LogP contribution is 2.64. The first-order valence-corrected chi connectivity index (χ1v) is 11.5. The van der Waals surface area contributed by atoms with Gasteiger partial charge in [-0.25, -0.2) is 4.39 Å². The number of fused-ring (bicyclic) bond motifs is 2. The van der Waals surface area contributed by atoms with E-state index in [2.05, 4.69) is 25.9 Å². The molecule has 2 aliphatic carbocycles. The fraction of sp³-hybridized carbons (Fsp3) is 0.370. The minimum atomic E-state index is -0.310. The molecule has 5 nitrogen and oxygen atoms in total. The molecule has 1 heterocycles. The minimum Gasteiger partial charge on any atom is -0.438 e. The molecule has 2 aromatic carbocycles. The third-order valence-corrected chi connectivity index (χ3v) is 7.97. The molecule has 0 saturated heterocycles. The van der Waals surface area contributed by atoms with Gasteiger partial charge >= 0.3 is 0 Å². The van der Waals surface area contributed by atoms with Crippen LogP contribution in [0, 0.1) is 29.5 Å². The van der Waals surface area contributed by atoms with Gasteiger partial charge in [-0.15, -0.1) is 0 Å². The lowest BCUT2D eigenvalue weighted by atomic mass is 9.70. The van der Waals surface area contributed by atoms with Crippen molar-refractivity contribution in [2.75, 3.05) is 0 Å². The van der Waals surface area contributed by atoms with Gasteiger partial charge in [0.25, 0.3) is 0 Å². The van der Waals surface area contributed by atoms with Crippen molar-refractivity contribution in [1.29, 1.82) is 0 Å². The van der Waals surface area contributed by atoms with Gasteiger partial charge < -0.3 is 4.74 Å². The fourth-order valence-corrected chi connectivity index (χ4v) is 5.36. The van der Waals surface area contributed by atoms with Crippen molar-refractivity contribution in [3.63, 3.8) is 0 Å². The van der Waals surface area contributed by atoms with Gasteiger partial charge in [0.2, 0.25) is 5.88 Å². The van der Waals surface area contributed by atoms with Crippen LogP contribution < -0.4 is 4.74 Å². The molecule has 2 saturated carbocycles. The second-order valence-electron chi connectivity index (χ2n) is 9.89. The van der Waals surface area contributed by atoms with Crippen LogP contribution in [0.3, 0.4) is 0 Å². The number of para-hydroxylation sites is 1. The lowest BCUT2D eigenvalue weighted by molar-refractivity contribution is 0.194. The molecule has 2 aliphatic rings. The molecule has 2 atom stereocenters. The maximum atomic E-state index is 13.4. The third kappa shape index (κ3) is 3.58. The molecule has 170 valence electrons. The summed E-state index contributed by atoms with van der Waals surface area (Å²) in [6.45, 7) is 8.97. The molecule has 0 radical (unpaired) electrons. The van der Waals surface area contributed by atoms with Gasteiger partial charge in [0, 0.05) is 11.1 Å². The van der Waals surface area contributed by atoms with Gasteiger partial charge in [0.1, 0.15) is 11.6 Å². The van der Waals surface area contributed by atoms with Crippen molar-refractivity contribution in [1.82, 2.24) is 9.78 Å². The largest absolute Gasteiger partial charge is 0.438 e. The number of halogens is 1. The lowest BCUT2D eigenvalue weighted by Crippen LogP contribution is -2.32. The van der Waals surface area contributed by atoms with Crippen LogP contribution in [-0.2, 0) is 0 Å². The molecular formula is C27H29FN4O. The Bertz CT molecular complexity index is 1230. The van der Waals surface area contributed by atoms with Gasteiger partial charge in [-0.3, -0.25) is 0 Å². The monoisotopic (exact) mass is 444 g/mol. The molecule has 0 spiro atoms. The van der Waals surface area contributed by atoms with Crippen LogP contribution in [0.15, 0.2) is 64.8 Å². The SMILES string of the molecule is Cc1nn(-c2ccccc2)c(Oc2ccc(F)cc2)c1/C=N/N=C1/CC2CCC1(C)C2(C)C. The van der Waals surface area contributed by atoms with Crippen molar-refractivity contribution in [2.24, 2.45) is 27.0 Å². The molecule has 0 aliphatic heterocycles. The van der Waals surface area contributed by atoms with Crippen molar-refractivity contribution in [3.05, 3.63) is 71.7 Å². The third-order valence-electron chi connectivity index (χ3n) is 7.97.